The van der Waals surface area contributed by atoms with E-state index in [9.17, 15) is 14.4 Å². The van der Waals surface area contributed by atoms with Crippen molar-refractivity contribution >= 4 is 58.2 Å². The van der Waals surface area contributed by atoms with Crippen LogP contribution in [0.15, 0.2) is 29.3 Å². The van der Waals surface area contributed by atoms with Gasteiger partial charge in [0.25, 0.3) is 0 Å². The summed E-state index contributed by atoms with van der Waals surface area (Å²) in [5.74, 6) is -1.61. The van der Waals surface area contributed by atoms with Crippen LogP contribution in [0.4, 0.5) is 5.69 Å². The van der Waals surface area contributed by atoms with Crippen LogP contribution >= 0.6 is 34.8 Å². The Hall–Kier alpha value is -1.56. The van der Waals surface area contributed by atoms with Crippen molar-refractivity contribution in [2.75, 3.05) is 11.9 Å². The number of hydrogen-bond acceptors (Lipinski definition) is 3. The van der Waals surface area contributed by atoms with Gasteiger partial charge in [-0.1, -0.05) is 40.9 Å². The van der Waals surface area contributed by atoms with E-state index in [0.29, 0.717) is 33.6 Å². The van der Waals surface area contributed by atoms with E-state index in [0.717, 1.165) is 4.90 Å². The molecule has 1 heterocycles. The van der Waals surface area contributed by atoms with Crippen molar-refractivity contribution < 1.29 is 14.4 Å². The van der Waals surface area contributed by atoms with Gasteiger partial charge in [-0.05, 0) is 31.0 Å². The van der Waals surface area contributed by atoms with Gasteiger partial charge in [-0.3, -0.25) is 19.3 Å². The fraction of sp³-hybridized carbons (Fsp3) is 0.353. The number of carbonyl (C=O) groups is 3. The van der Waals surface area contributed by atoms with Crippen LogP contribution in [0.3, 0.4) is 0 Å². The number of imide groups is 1. The number of nitrogens with zero attached hydrogens (tertiary/aromatic N) is 1. The monoisotopic (exact) mass is 400 g/mol. The van der Waals surface area contributed by atoms with Gasteiger partial charge in [0.15, 0.2) is 0 Å². The van der Waals surface area contributed by atoms with Crippen molar-refractivity contribution in [3.63, 3.8) is 0 Å². The molecule has 1 aromatic carbocycles. The largest absolute Gasteiger partial charge is 0.325 e. The lowest BCUT2D eigenvalue weighted by atomic mass is 9.85. The van der Waals surface area contributed by atoms with Crippen molar-refractivity contribution in [1.29, 1.82) is 0 Å². The molecule has 25 heavy (non-hydrogen) atoms. The maximum atomic E-state index is 12.4. The quantitative estimate of drug-likeness (QED) is 0.780. The van der Waals surface area contributed by atoms with E-state index in [4.69, 9.17) is 34.8 Å². The van der Waals surface area contributed by atoms with E-state index < -0.39 is 5.92 Å². The molecule has 2 unspecified atom stereocenters. The third-order valence-electron chi connectivity index (χ3n) is 4.43. The molecule has 0 radical (unpaired) electrons. The van der Waals surface area contributed by atoms with Gasteiger partial charge in [-0.15, -0.1) is 0 Å². The molecule has 1 aliphatic heterocycles. The zero-order valence-electron chi connectivity index (χ0n) is 13.1. The molecule has 1 fully saturated rings. The lowest BCUT2D eigenvalue weighted by molar-refractivity contribution is -0.140. The van der Waals surface area contributed by atoms with Gasteiger partial charge in [0.1, 0.15) is 0 Å². The van der Waals surface area contributed by atoms with Gasteiger partial charge in [0.2, 0.25) is 17.7 Å². The molecule has 0 spiro atoms. The fourth-order valence-electron chi connectivity index (χ4n) is 3.14. The molecule has 3 rings (SSSR count). The molecule has 1 N–H and O–H groups in total. The van der Waals surface area contributed by atoms with Gasteiger partial charge < -0.3 is 5.32 Å². The van der Waals surface area contributed by atoms with Crippen LogP contribution in [0.5, 0.6) is 0 Å². The number of halogens is 3. The number of hydrogen-bond donors (Lipinski definition) is 1. The third-order valence-corrected chi connectivity index (χ3v) is 5.30. The topological polar surface area (TPSA) is 66.5 Å². The molecule has 0 aromatic heterocycles. The third kappa shape index (κ3) is 3.84. The molecule has 5 nitrogen and oxygen atoms in total. The molecule has 0 bridgehead atoms. The highest BCUT2D eigenvalue weighted by Crippen LogP contribution is 2.38. The van der Waals surface area contributed by atoms with Crippen LogP contribution in [0, 0.1) is 11.8 Å². The molecule has 2 aliphatic rings. The molecule has 1 aliphatic carbocycles. The summed E-state index contributed by atoms with van der Waals surface area (Å²) in [5.41, 5.74) is 0.392. The Morgan fingerprint density at radius 3 is 2.64 bits per heavy atom. The number of nitrogens with one attached hydrogen (secondary N) is 1. The first-order valence-corrected chi connectivity index (χ1v) is 8.95. The van der Waals surface area contributed by atoms with E-state index in [-0.39, 0.29) is 36.6 Å². The standard InChI is InChI=1S/C17H15Cl3N2O3/c18-9-1-3-11-12(7-9)17(25)22(16(11)24)6-5-15(23)21-14-8-10(19)2-4-13(14)20/h1-2,4,8,11-12H,3,5-7H2,(H,21,23). The Kier molecular flexibility index (Phi) is 5.37. The van der Waals surface area contributed by atoms with Gasteiger partial charge in [0, 0.05) is 23.0 Å². The van der Waals surface area contributed by atoms with Gasteiger partial charge in [-0.2, -0.15) is 0 Å². The number of rotatable bonds is 4. The minimum atomic E-state index is -0.407. The molecule has 3 amide bonds. The highest BCUT2D eigenvalue weighted by Gasteiger charge is 2.48. The molecule has 132 valence electrons. The number of anilines is 1. The highest BCUT2D eigenvalue weighted by atomic mass is 35.5. The first-order chi connectivity index (χ1) is 11.9. The van der Waals surface area contributed by atoms with Crippen molar-refractivity contribution in [2.24, 2.45) is 11.8 Å². The number of fused-ring (bicyclic) bond motifs is 1. The Bertz CT molecular complexity index is 778. The summed E-state index contributed by atoms with van der Waals surface area (Å²) in [6.45, 7) is 0.0340. The first kappa shape index (κ1) is 18.2. The number of likely N-dealkylation sites (tertiary alicyclic amines) is 1. The van der Waals surface area contributed by atoms with E-state index in [1.807, 2.05) is 0 Å². The van der Waals surface area contributed by atoms with Crippen LogP contribution in [0.1, 0.15) is 19.3 Å². The molecule has 8 heteroatoms. The number of amides is 3. The van der Waals surface area contributed by atoms with Crippen LogP contribution in [0.25, 0.3) is 0 Å². The SMILES string of the molecule is O=C(CCN1C(=O)C2CC=C(Cl)CC2C1=O)Nc1cc(Cl)ccc1Cl. The molecule has 2 atom stereocenters. The number of carbonyl (C=O) groups excluding carboxylic acids is 3. The summed E-state index contributed by atoms with van der Waals surface area (Å²) in [7, 11) is 0. The Morgan fingerprint density at radius 2 is 1.88 bits per heavy atom. The second kappa shape index (κ2) is 7.36. The second-order valence-corrected chi connectivity index (χ2v) is 7.38. The maximum Gasteiger partial charge on any atom is 0.233 e. The normalized spacial score (nSPS) is 22.7. The smallest absolute Gasteiger partial charge is 0.233 e. The summed E-state index contributed by atoms with van der Waals surface area (Å²) in [6, 6.07) is 4.73. The van der Waals surface area contributed by atoms with Gasteiger partial charge >= 0.3 is 0 Å². The van der Waals surface area contributed by atoms with E-state index in [1.54, 1.807) is 18.2 Å². The second-order valence-electron chi connectivity index (χ2n) is 6.05. The fourth-order valence-corrected chi connectivity index (χ4v) is 3.73. The van der Waals surface area contributed by atoms with Crippen LogP contribution < -0.4 is 5.32 Å². The molecular weight excluding hydrogens is 387 g/mol. The van der Waals surface area contributed by atoms with Crippen LogP contribution in [0.2, 0.25) is 10.0 Å². The Labute approximate surface area is 159 Å². The predicted octanol–water partition coefficient (Wildman–Crippen LogP) is 3.84. The first-order valence-electron chi connectivity index (χ1n) is 7.81. The van der Waals surface area contributed by atoms with Crippen molar-refractivity contribution in [1.82, 2.24) is 4.90 Å². The van der Waals surface area contributed by atoms with E-state index in [2.05, 4.69) is 5.32 Å². The van der Waals surface area contributed by atoms with Crippen LogP contribution in [-0.2, 0) is 14.4 Å². The lowest BCUT2D eigenvalue weighted by Crippen LogP contribution is -2.34. The average molecular weight is 402 g/mol. The van der Waals surface area contributed by atoms with E-state index in [1.165, 1.54) is 6.07 Å². The minimum absolute atomic E-state index is 0.0130. The van der Waals surface area contributed by atoms with Gasteiger partial charge in [-0.25, -0.2) is 0 Å². The summed E-state index contributed by atoms with van der Waals surface area (Å²) in [5, 5.41) is 4.05. The minimum Gasteiger partial charge on any atom is -0.325 e. The maximum absolute atomic E-state index is 12.4. The zero-order valence-corrected chi connectivity index (χ0v) is 15.4. The zero-order chi connectivity index (χ0) is 18.1. The predicted molar refractivity (Wildman–Crippen MR) is 96.6 cm³/mol. The number of allylic oxidation sites excluding steroid dienone is 2. The number of benzene rings is 1. The van der Waals surface area contributed by atoms with Crippen LogP contribution in [-0.4, -0.2) is 29.2 Å². The van der Waals surface area contributed by atoms with Crippen molar-refractivity contribution in [2.45, 2.75) is 19.3 Å². The Balaban J connectivity index is 1.60. The van der Waals surface area contributed by atoms with Gasteiger partial charge in [0.05, 0.1) is 22.5 Å². The molecule has 1 saturated heterocycles. The van der Waals surface area contributed by atoms with E-state index >= 15 is 0 Å². The molecule has 0 saturated carbocycles. The average Bonchev–Trinajstić information content (AvgIpc) is 2.80. The molecule has 1 aromatic rings. The van der Waals surface area contributed by atoms with Crippen molar-refractivity contribution in [3.8, 4) is 0 Å². The summed E-state index contributed by atoms with van der Waals surface area (Å²) in [6.07, 6.45) is 2.62. The summed E-state index contributed by atoms with van der Waals surface area (Å²) in [4.78, 5) is 38.1. The highest BCUT2D eigenvalue weighted by molar-refractivity contribution is 6.35. The summed E-state index contributed by atoms with van der Waals surface area (Å²) < 4.78 is 0. The lowest BCUT2D eigenvalue weighted by Gasteiger charge is -2.17. The van der Waals surface area contributed by atoms with Crippen molar-refractivity contribution in [3.05, 3.63) is 39.4 Å². The summed E-state index contributed by atoms with van der Waals surface area (Å²) >= 11 is 17.9. The molecular formula is C17H15Cl3N2O3. The Morgan fingerprint density at radius 1 is 1.16 bits per heavy atom.